The van der Waals surface area contributed by atoms with Gasteiger partial charge in [-0.1, -0.05) is 18.5 Å². The summed E-state index contributed by atoms with van der Waals surface area (Å²) >= 11 is 7.69. The highest BCUT2D eigenvalue weighted by Gasteiger charge is 2.37. The van der Waals surface area contributed by atoms with E-state index in [2.05, 4.69) is 11.4 Å². The molecule has 160 valence electrons. The van der Waals surface area contributed by atoms with Gasteiger partial charge in [0.2, 0.25) is 11.8 Å². The van der Waals surface area contributed by atoms with E-state index >= 15 is 0 Å². The van der Waals surface area contributed by atoms with E-state index in [4.69, 9.17) is 16.3 Å². The van der Waals surface area contributed by atoms with Crippen molar-refractivity contribution in [1.82, 2.24) is 9.80 Å². The van der Waals surface area contributed by atoms with Crippen LogP contribution in [-0.2, 0) is 16.0 Å². The van der Waals surface area contributed by atoms with Gasteiger partial charge in [-0.05, 0) is 67.0 Å². The van der Waals surface area contributed by atoms with E-state index in [0.717, 1.165) is 37.0 Å². The molecule has 1 atom stereocenters. The molecular formula is C23H27ClN2O3S. The molecule has 1 saturated carbocycles. The Kier molecular flexibility index (Phi) is 6.64. The lowest BCUT2D eigenvalue weighted by molar-refractivity contribution is -0.143. The summed E-state index contributed by atoms with van der Waals surface area (Å²) in [4.78, 5) is 30.9. The lowest BCUT2D eigenvalue weighted by Gasteiger charge is -2.37. The molecule has 4 rings (SSSR count). The standard InChI is InChI=1S/C23H27ClN2O3S/c1-2-11-25(23(28)16-3-4-16)14-22(27)26-12-9-21-19(10-13-30-21)20(26)15-29-18-7-5-17(24)6-8-18/h5-8,10,13,16,20H,2-4,9,11-12,14-15H2,1H3/t20-/m0/s1. The molecular weight excluding hydrogens is 420 g/mol. The Labute approximate surface area is 186 Å². The van der Waals surface area contributed by atoms with Crippen molar-refractivity contribution in [1.29, 1.82) is 0 Å². The Balaban J connectivity index is 1.48. The summed E-state index contributed by atoms with van der Waals surface area (Å²) in [6, 6.07) is 9.20. The molecule has 1 fully saturated rings. The van der Waals surface area contributed by atoms with E-state index < -0.39 is 0 Å². The number of rotatable bonds is 8. The minimum absolute atomic E-state index is 0.000920. The zero-order valence-electron chi connectivity index (χ0n) is 17.2. The highest BCUT2D eigenvalue weighted by molar-refractivity contribution is 7.10. The fraction of sp³-hybridized carbons (Fsp3) is 0.478. The van der Waals surface area contributed by atoms with Crippen LogP contribution in [-0.4, -0.2) is 47.9 Å². The molecule has 0 bridgehead atoms. The van der Waals surface area contributed by atoms with Gasteiger partial charge in [-0.25, -0.2) is 0 Å². The highest BCUT2D eigenvalue weighted by atomic mass is 35.5. The van der Waals surface area contributed by atoms with E-state index in [1.165, 1.54) is 4.88 Å². The van der Waals surface area contributed by atoms with E-state index in [1.807, 2.05) is 24.0 Å². The molecule has 2 amide bonds. The van der Waals surface area contributed by atoms with Crippen LogP contribution in [0.1, 0.15) is 42.7 Å². The molecule has 0 N–H and O–H groups in total. The molecule has 1 aromatic heterocycles. The minimum Gasteiger partial charge on any atom is -0.491 e. The van der Waals surface area contributed by atoms with E-state index in [-0.39, 0.29) is 30.3 Å². The number of carbonyl (C=O) groups excluding carboxylic acids is 2. The third kappa shape index (κ3) is 4.81. The van der Waals surface area contributed by atoms with Gasteiger partial charge in [0.05, 0.1) is 12.6 Å². The maximum Gasteiger partial charge on any atom is 0.242 e. The Morgan fingerprint density at radius 1 is 1.23 bits per heavy atom. The number of ether oxygens (including phenoxy) is 1. The van der Waals surface area contributed by atoms with Gasteiger partial charge in [-0.3, -0.25) is 9.59 Å². The Bertz CT molecular complexity index is 894. The number of hydrogen-bond acceptors (Lipinski definition) is 4. The number of benzene rings is 1. The molecule has 0 radical (unpaired) electrons. The maximum absolute atomic E-state index is 13.3. The quantitative estimate of drug-likeness (QED) is 0.597. The normalized spacial score (nSPS) is 18.1. The van der Waals surface area contributed by atoms with E-state index in [9.17, 15) is 9.59 Å². The Morgan fingerprint density at radius 2 is 2.00 bits per heavy atom. The molecule has 2 heterocycles. The number of fused-ring (bicyclic) bond motifs is 1. The number of amides is 2. The molecule has 1 aliphatic carbocycles. The van der Waals surface area contributed by atoms with E-state index in [1.54, 1.807) is 28.4 Å². The van der Waals surface area contributed by atoms with Crippen molar-refractivity contribution in [2.75, 3.05) is 26.2 Å². The van der Waals surface area contributed by atoms with Crippen LogP contribution in [0.4, 0.5) is 0 Å². The van der Waals surface area contributed by atoms with Crippen LogP contribution in [0.25, 0.3) is 0 Å². The summed E-state index contributed by atoms with van der Waals surface area (Å²) < 4.78 is 6.03. The minimum atomic E-state index is -0.150. The summed E-state index contributed by atoms with van der Waals surface area (Å²) in [5.74, 6) is 0.982. The van der Waals surface area contributed by atoms with Crippen LogP contribution >= 0.6 is 22.9 Å². The van der Waals surface area contributed by atoms with Crippen molar-refractivity contribution in [3.8, 4) is 5.75 Å². The van der Waals surface area contributed by atoms with Gasteiger partial charge in [0.25, 0.3) is 0 Å². The van der Waals surface area contributed by atoms with Crippen LogP contribution in [0.5, 0.6) is 5.75 Å². The maximum atomic E-state index is 13.3. The first-order valence-electron chi connectivity index (χ1n) is 10.6. The van der Waals surface area contributed by atoms with Crippen molar-refractivity contribution in [3.63, 3.8) is 0 Å². The third-order valence-electron chi connectivity index (χ3n) is 5.69. The van der Waals surface area contributed by atoms with Gasteiger partial charge < -0.3 is 14.5 Å². The van der Waals surface area contributed by atoms with Gasteiger partial charge >= 0.3 is 0 Å². The molecule has 30 heavy (non-hydrogen) atoms. The Hall–Kier alpha value is -2.05. The number of thiophene rings is 1. The number of nitrogens with zero attached hydrogens (tertiary/aromatic N) is 2. The zero-order chi connectivity index (χ0) is 21.1. The monoisotopic (exact) mass is 446 g/mol. The Morgan fingerprint density at radius 3 is 2.70 bits per heavy atom. The lowest BCUT2D eigenvalue weighted by atomic mass is 10.0. The first-order chi connectivity index (χ1) is 14.6. The van der Waals surface area contributed by atoms with Crippen LogP contribution < -0.4 is 4.74 Å². The molecule has 1 aliphatic heterocycles. The van der Waals surface area contributed by atoms with Crippen molar-refractivity contribution < 1.29 is 14.3 Å². The molecule has 0 saturated heterocycles. The average Bonchev–Trinajstić information content (AvgIpc) is 3.49. The summed E-state index contributed by atoms with van der Waals surface area (Å²) in [5.41, 5.74) is 1.16. The molecule has 0 spiro atoms. The predicted molar refractivity (Wildman–Crippen MR) is 119 cm³/mol. The van der Waals surface area contributed by atoms with Crippen molar-refractivity contribution in [2.24, 2.45) is 5.92 Å². The fourth-order valence-electron chi connectivity index (χ4n) is 3.96. The molecule has 7 heteroatoms. The summed E-state index contributed by atoms with van der Waals surface area (Å²) in [6.07, 6.45) is 3.60. The van der Waals surface area contributed by atoms with Crippen molar-refractivity contribution in [2.45, 2.75) is 38.6 Å². The molecule has 5 nitrogen and oxygen atoms in total. The predicted octanol–water partition coefficient (Wildman–Crippen LogP) is 4.55. The van der Waals surface area contributed by atoms with Gasteiger partial charge in [0.15, 0.2) is 0 Å². The largest absolute Gasteiger partial charge is 0.491 e. The van der Waals surface area contributed by atoms with Crippen LogP contribution in [0.15, 0.2) is 35.7 Å². The van der Waals surface area contributed by atoms with Crippen LogP contribution in [0.2, 0.25) is 5.02 Å². The van der Waals surface area contributed by atoms with Crippen LogP contribution in [0, 0.1) is 5.92 Å². The third-order valence-corrected chi connectivity index (χ3v) is 6.94. The van der Waals surface area contributed by atoms with Gasteiger partial charge in [-0.2, -0.15) is 0 Å². The second kappa shape index (κ2) is 9.40. The fourth-order valence-corrected chi connectivity index (χ4v) is 5.01. The summed E-state index contributed by atoms with van der Waals surface area (Å²) in [7, 11) is 0. The molecule has 1 aromatic carbocycles. The molecule has 2 aromatic rings. The van der Waals surface area contributed by atoms with Crippen molar-refractivity contribution in [3.05, 3.63) is 51.2 Å². The topological polar surface area (TPSA) is 49.9 Å². The van der Waals surface area contributed by atoms with E-state index in [0.29, 0.717) is 24.7 Å². The number of hydrogen-bond donors (Lipinski definition) is 0. The first-order valence-corrected chi connectivity index (χ1v) is 11.9. The second-order valence-electron chi connectivity index (χ2n) is 7.95. The number of carbonyl (C=O) groups is 2. The summed E-state index contributed by atoms with van der Waals surface area (Å²) in [6.45, 7) is 3.85. The van der Waals surface area contributed by atoms with Gasteiger partial charge in [0.1, 0.15) is 12.4 Å². The number of halogens is 1. The van der Waals surface area contributed by atoms with Crippen LogP contribution in [0.3, 0.4) is 0 Å². The molecule has 0 unspecified atom stereocenters. The SMILES string of the molecule is CCCN(CC(=O)N1CCc2sccc2[C@@H]1COc1ccc(Cl)cc1)C(=O)C1CC1. The zero-order valence-corrected chi connectivity index (χ0v) is 18.8. The lowest BCUT2D eigenvalue weighted by Crippen LogP contribution is -2.48. The van der Waals surface area contributed by atoms with Gasteiger partial charge in [0, 0.05) is 28.9 Å². The smallest absolute Gasteiger partial charge is 0.242 e. The first kappa shape index (κ1) is 21.2. The average molecular weight is 447 g/mol. The second-order valence-corrected chi connectivity index (χ2v) is 9.39. The highest BCUT2D eigenvalue weighted by Crippen LogP contribution is 2.35. The van der Waals surface area contributed by atoms with Crippen molar-refractivity contribution >= 4 is 34.8 Å². The van der Waals surface area contributed by atoms with Gasteiger partial charge in [-0.15, -0.1) is 11.3 Å². The molecule has 2 aliphatic rings. The summed E-state index contributed by atoms with van der Waals surface area (Å²) in [5, 5.41) is 2.74.